The third-order valence-corrected chi connectivity index (χ3v) is 4.58. The average Bonchev–Trinajstić information content (AvgIpc) is 3.09. The molecule has 0 unspecified atom stereocenters. The van der Waals surface area contributed by atoms with Crippen LogP contribution in [0.15, 0.2) is 59.8 Å². The summed E-state index contributed by atoms with van der Waals surface area (Å²) < 4.78 is 28.2. The number of hydrogen-bond acceptors (Lipinski definition) is 6. The highest BCUT2D eigenvalue weighted by atomic mass is 32.2. The number of aryl methyl sites for hydroxylation is 1. The number of nitrogens with one attached hydrogen (secondary N) is 1. The lowest BCUT2D eigenvalue weighted by molar-refractivity contribution is 0.0981. The van der Waals surface area contributed by atoms with Gasteiger partial charge in [0.05, 0.1) is 10.6 Å². The molecule has 0 aliphatic rings. The highest BCUT2D eigenvalue weighted by Crippen LogP contribution is 2.14. The van der Waals surface area contributed by atoms with Crippen LogP contribution in [-0.4, -0.2) is 34.5 Å². The Bertz CT molecular complexity index is 984. The predicted molar refractivity (Wildman–Crippen MR) is 85.0 cm³/mol. The Morgan fingerprint density at radius 3 is 2.62 bits per heavy atom. The fourth-order valence-corrected chi connectivity index (χ4v) is 3.11. The molecule has 24 heavy (non-hydrogen) atoms. The molecule has 0 atom stereocenters. The van der Waals surface area contributed by atoms with Crippen LogP contribution in [0, 0.1) is 6.92 Å². The van der Waals surface area contributed by atoms with Crippen LogP contribution in [0.4, 0.5) is 0 Å². The molecular formula is C15H13N5O3S. The van der Waals surface area contributed by atoms with E-state index in [2.05, 4.69) is 20.2 Å². The lowest BCUT2D eigenvalue weighted by Gasteiger charge is -2.08. The molecule has 0 aliphatic carbocycles. The standard InChI is InChI=1S/C15H13N5O3S/c1-11-4-2-5-12(8-11)15(21)17-24(22,23)14-7-3-6-13(9-14)20-10-16-18-19-20/h2-10H,1H3,(H,17,21). The van der Waals surface area contributed by atoms with Gasteiger partial charge in [0.15, 0.2) is 0 Å². The zero-order chi connectivity index (χ0) is 17.2. The van der Waals surface area contributed by atoms with E-state index < -0.39 is 15.9 Å². The molecular weight excluding hydrogens is 330 g/mol. The summed E-state index contributed by atoms with van der Waals surface area (Å²) in [6.07, 6.45) is 1.34. The van der Waals surface area contributed by atoms with Crippen LogP contribution in [0.3, 0.4) is 0 Å². The van der Waals surface area contributed by atoms with Crippen molar-refractivity contribution in [1.29, 1.82) is 0 Å². The Balaban J connectivity index is 1.88. The molecule has 3 aromatic rings. The minimum Gasteiger partial charge on any atom is -0.268 e. The maximum Gasteiger partial charge on any atom is 0.265 e. The van der Waals surface area contributed by atoms with Crippen molar-refractivity contribution in [1.82, 2.24) is 24.9 Å². The second kappa shape index (κ2) is 6.20. The van der Waals surface area contributed by atoms with Gasteiger partial charge >= 0.3 is 0 Å². The number of sulfonamides is 1. The zero-order valence-corrected chi connectivity index (χ0v) is 13.4. The van der Waals surface area contributed by atoms with Crippen LogP contribution in [0.1, 0.15) is 15.9 Å². The van der Waals surface area contributed by atoms with Crippen LogP contribution in [0.5, 0.6) is 0 Å². The fraction of sp³-hybridized carbons (Fsp3) is 0.0667. The van der Waals surface area contributed by atoms with E-state index >= 15 is 0 Å². The summed E-state index contributed by atoms with van der Waals surface area (Å²) in [7, 11) is -4.02. The Morgan fingerprint density at radius 1 is 1.12 bits per heavy atom. The molecule has 9 heteroatoms. The molecule has 8 nitrogen and oxygen atoms in total. The van der Waals surface area contributed by atoms with E-state index in [1.807, 2.05) is 13.0 Å². The number of carbonyl (C=O) groups is 1. The quantitative estimate of drug-likeness (QED) is 0.760. The van der Waals surface area contributed by atoms with E-state index in [1.165, 1.54) is 23.1 Å². The van der Waals surface area contributed by atoms with Gasteiger partial charge < -0.3 is 0 Å². The monoisotopic (exact) mass is 343 g/mol. The first-order valence-electron chi connectivity index (χ1n) is 6.93. The molecule has 0 bridgehead atoms. The molecule has 1 amide bonds. The molecule has 0 spiro atoms. The summed E-state index contributed by atoms with van der Waals surface area (Å²) in [5.74, 6) is -0.688. The molecule has 1 heterocycles. The van der Waals surface area contributed by atoms with Gasteiger partial charge in [-0.3, -0.25) is 4.79 Å². The summed E-state index contributed by atoms with van der Waals surface area (Å²) in [5, 5.41) is 10.7. The van der Waals surface area contributed by atoms with Gasteiger partial charge in [-0.25, -0.2) is 17.8 Å². The third-order valence-electron chi connectivity index (χ3n) is 3.25. The Labute approximate surface area is 138 Å². The molecule has 0 radical (unpaired) electrons. The fourth-order valence-electron chi connectivity index (χ4n) is 2.10. The number of aromatic nitrogens is 4. The number of rotatable bonds is 4. The minimum atomic E-state index is -4.02. The lowest BCUT2D eigenvalue weighted by atomic mass is 10.1. The van der Waals surface area contributed by atoms with E-state index in [-0.39, 0.29) is 10.5 Å². The number of amides is 1. The van der Waals surface area contributed by atoms with Crippen molar-refractivity contribution in [2.24, 2.45) is 0 Å². The molecule has 122 valence electrons. The summed E-state index contributed by atoms with van der Waals surface area (Å²) >= 11 is 0. The number of tetrazole rings is 1. The van der Waals surface area contributed by atoms with Crippen molar-refractivity contribution in [2.45, 2.75) is 11.8 Å². The van der Waals surface area contributed by atoms with Crippen molar-refractivity contribution in [3.05, 3.63) is 66.0 Å². The van der Waals surface area contributed by atoms with Crippen molar-refractivity contribution in [3.63, 3.8) is 0 Å². The van der Waals surface area contributed by atoms with Gasteiger partial charge in [0.1, 0.15) is 6.33 Å². The summed E-state index contributed by atoms with van der Waals surface area (Å²) in [6, 6.07) is 12.6. The van der Waals surface area contributed by atoms with Crippen LogP contribution < -0.4 is 4.72 Å². The molecule has 3 rings (SSSR count). The van der Waals surface area contributed by atoms with Gasteiger partial charge in [0, 0.05) is 5.56 Å². The first-order chi connectivity index (χ1) is 11.5. The number of nitrogens with zero attached hydrogens (tertiary/aromatic N) is 4. The van der Waals surface area contributed by atoms with Crippen LogP contribution in [-0.2, 0) is 10.0 Å². The van der Waals surface area contributed by atoms with E-state index in [9.17, 15) is 13.2 Å². The van der Waals surface area contributed by atoms with Crippen LogP contribution in [0.25, 0.3) is 5.69 Å². The minimum absolute atomic E-state index is 0.0588. The van der Waals surface area contributed by atoms with E-state index in [0.29, 0.717) is 5.69 Å². The molecule has 0 saturated heterocycles. The van der Waals surface area contributed by atoms with Crippen molar-refractivity contribution in [2.75, 3.05) is 0 Å². The smallest absolute Gasteiger partial charge is 0.265 e. The van der Waals surface area contributed by atoms with E-state index in [4.69, 9.17) is 0 Å². The summed E-state index contributed by atoms with van der Waals surface area (Å²) in [4.78, 5) is 12.1. The first-order valence-corrected chi connectivity index (χ1v) is 8.41. The molecule has 1 N–H and O–H groups in total. The highest BCUT2D eigenvalue weighted by Gasteiger charge is 2.19. The number of hydrogen-bond donors (Lipinski definition) is 1. The maximum absolute atomic E-state index is 12.4. The SMILES string of the molecule is Cc1cccc(C(=O)NS(=O)(=O)c2cccc(-n3cnnn3)c2)c1. The Morgan fingerprint density at radius 2 is 1.92 bits per heavy atom. The number of benzene rings is 2. The highest BCUT2D eigenvalue weighted by molar-refractivity contribution is 7.90. The molecule has 0 saturated carbocycles. The zero-order valence-electron chi connectivity index (χ0n) is 12.6. The van der Waals surface area contributed by atoms with Gasteiger partial charge in [-0.05, 0) is 47.7 Å². The van der Waals surface area contributed by atoms with Gasteiger partial charge in [0.25, 0.3) is 15.9 Å². The second-order valence-corrected chi connectivity index (χ2v) is 6.74. The topological polar surface area (TPSA) is 107 Å². The molecule has 2 aromatic carbocycles. The van der Waals surface area contributed by atoms with E-state index in [1.54, 1.807) is 30.3 Å². The second-order valence-electron chi connectivity index (χ2n) is 5.06. The summed E-state index contributed by atoms with van der Waals surface area (Å²) in [5.41, 5.74) is 1.60. The molecule has 1 aromatic heterocycles. The molecule has 0 aliphatic heterocycles. The maximum atomic E-state index is 12.4. The Hall–Kier alpha value is -3.07. The average molecular weight is 343 g/mol. The van der Waals surface area contributed by atoms with Gasteiger partial charge in [0.2, 0.25) is 0 Å². The first kappa shape index (κ1) is 15.8. The normalized spacial score (nSPS) is 11.2. The van der Waals surface area contributed by atoms with Crippen molar-refractivity contribution < 1.29 is 13.2 Å². The lowest BCUT2D eigenvalue weighted by Crippen LogP contribution is -2.30. The van der Waals surface area contributed by atoms with Crippen molar-refractivity contribution >= 4 is 15.9 Å². The van der Waals surface area contributed by atoms with Gasteiger partial charge in [-0.15, -0.1) is 5.10 Å². The van der Waals surface area contributed by atoms with Crippen LogP contribution >= 0.6 is 0 Å². The Kier molecular flexibility index (Phi) is 4.09. The van der Waals surface area contributed by atoms with Gasteiger partial charge in [-0.1, -0.05) is 23.8 Å². The van der Waals surface area contributed by atoms with E-state index in [0.717, 1.165) is 5.56 Å². The van der Waals surface area contributed by atoms with Crippen molar-refractivity contribution in [3.8, 4) is 5.69 Å². The summed E-state index contributed by atoms with van der Waals surface area (Å²) in [6.45, 7) is 1.82. The third kappa shape index (κ3) is 3.30. The number of carbonyl (C=O) groups excluding carboxylic acids is 1. The largest absolute Gasteiger partial charge is 0.268 e. The van der Waals surface area contributed by atoms with Crippen LogP contribution in [0.2, 0.25) is 0 Å². The molecule has 0 fully saturated rings. The predicted octanol–water partition coefficient (Wildman–Crippen LogP) is 1.09. The van der Waals surface area contributed by atoms with Gasteiger partial charge in [-0.2, -0.15) is 0 Å².